The minimum Gasteiger partial charge on any atom is -0.372 e. The molecule has 0 radical (unpaired) electrons. The lowest BCUT2D eigenvalue weighted by Crippen LogP contribution is -2.03. The number of hydrogen-bond acceptors (Lipinski definition) is 3. The largest absolute Gasteiger partial charge is 0.372 e. The number of benzene rings is 2. The lowest BCUT2D eigenvalue weighted by Gasteiger charge is -2.09. The van der Waals surface area contributed by atoms with E-state index >= 15 is 0 Å². The zero-order valence-corrected chi connectivity index (χ0v) is 11.5. The molecule has 106 valence electrons. The van der Waals surface area contributed by atoms with E-state index in [9.17, 15) is 13.0 Å². The molecule has 0 aliphatic carbocycles. The fourth-order valence-corrected chi connectivity index (χ4v) is 2.86. The molecule has 0 heterocycles. The first kappa shape index (κ1) is 15.9. The van der Waals surface area contributed by atoms with E-state index in [0.717, 1.165) is 5.39 Å². The molecule has 0 bridgehead atoms. The molecule has 3 N–H and O–H groups in total. The predicted octanol–water partition coefficient (Wildman–Crippen LogP) is 1.92. The maximum atomic E-state index is 11.5. The van der Waals surface area contributed by atoms with E-state index in [-0.39, 0.29) is 11.3 Å². The maximum Gasteiger partial charge on any atom is 0.295 e. The van der Waals surface area contributed by atoms with Crippen LogP contribution in [0.3, 0.4) is 0 Å². The molecule has 2 aromatic rings. The smallest absolute Gasteiger partial charge is 0.295 e. The molecular weight excluding hydrogens is 278 g/mol. The van der Waals surface area contributed by atoms with E-state index in [0.29, 0.717) is 17.4 Å². The second-order valence-corrected chi connectivity index (χ2v) is 5.24. The molecule has 0 unspecified atom stereocenters. The van der Waals surface area contributed by atoms with Crippen LogP contribution in [0, 0.1) is 0 Å². The molecule has 5 nitrogen and oxygen atoms in total. The van der Waals surface area contributed by atoms with Crippen molar-refractivity contribution in [3.63, 3.8) is 0 Å². The molecule has 0 saturated heterocycles. The Morgan fingerprint density at radius 3 is 2.35 bits per heavy atom. The number of carbonyl (C=O) groups excluding carboxylic acids is 1. The first-order valence-corrected chi connectivity index (χ1v) is 7.14. The van der Waals surface area contributed by atoms with Crippen molar-refractivity contribution >= 4 is 27.3 Å². The number of primary amides is 1. The quantitative estimate of drug-likeness (QED) is 0.513. The standard InChI is InChI=1S/C13H12O3S.CH3NO/c1-2-5-11-9-8-10-6-3-4-7-12(10)13(11)17(14,15)16;2-1-3/h2-4,6-9H,1,5H2,(H,14,15,16);1H,(H2,2,3). The van der Waals surface area contributed by atoms with E-state index in [4.69, 9.17) is 4.79 Å². The summed E-state index contributed by atoms with van der Waals surface area (Å²) >= 11 is 0. The molecule has 0 aliphatic rings. The van der Waals surface area contributed by atoms with Crippen LogP contribution in [-0.4, -0.2) is 19.4 Å². The van der Waals surface area contributed by atoms with Crippen molar-refractivity contribution in [2.24, 2.45) is 5.73 Å². The summed E-state index contributed by atoms with van der Waals surface area (Å²) < 4.78 is 32.3. The third-order valence-electron chi connectivity index (χ3n) is 2.58. The van der Waals surface area contributed by atoms with Gasteiger partial charge in [0.05, 0.1) is 0 Å². The number of hydrogen-bond donors (Lipinski definition) is 2. The van der Waals surface area contributed by atoms with Crippen LogP contribution in [0.2, 0.25) is 0 Å². The van der Waals surface area contributed by atoms with Crippen LogP contribution in [0.5, 0.6) is 0 Å². The molecule has 0 saturated carbocycles. The summed E-state index contributed by atoms with van der Waals surface area (Å²) in [5.41, 5.74) is 4.72. The van der Waals surface area contributed by atoms with Gasteiger partial charge in [-0.2, -0.15) is 8.42 Å². The van der Waals surface area contributed by atoms with E-state index in [1.54, 1.807) is 24.3 Å². The normalized spacial score (nSPS) is 10.4. The van der Waals surface area contributed by atoms with Gasteiger partial charge in [-0.05, 0) is 17.4 Å². The molecule has 0 fully saturated rings. The van der Waals surface area contributed by atoms with Gasteiger partial charge in [-0.25, -0.2) is 0 Å². The van der Waals surface area contributed by atoms with Crippen LogP contribution in [0.4, 0.5) is 0 Å². The van der Waals surface area contributed by atoms with Crippen LogP contribution < -0.4 is 5.73 Å². The third kappa shape index (κ3) is 3.66. The van der Waals surface area contributed by atoms with Gasteiger partial charge in [-0.15, -0.1) is 6.58 Å². The Morgan fingerprint density at radius 1 is 1.20 bits per heavy atom. The van der Waals surface area contributed by atoms with Crippen LogP contribution in [0.25, 0.3) is 10.8 Å². The van der Waals surface area contributed by atoms with Gasteiger partial charge in [0, 0.05) is 5.39 Å². The fourth-order valence-electron chi connectivity index (χ4n) is 1.91. The molecule has 2 aromatic carbocycles. The van der Waals surface area contributed by atoms with E-state index in [1.807, 2.05) is 18.2 Å². The molecule has 6 heteroatoms. The summed E-state index contributed by atoms with van der Waals surface area (Å²) in [6, 6.07) is 10.6. The summed E-state index contributed by atoms with van der Waals surface area (Å²) in [5, 5.41) is 1.32. The Hall–Kier alpha value is -2.18. The first-order chi connectivity index (χ1) is 9.45. The fraction of sp³-hybridized carbons (Fsp3) is 0.0714. The minimum atomic E-state index is -4.23. The highest BCUT2D eigenvalue weighted by molar-refractivity contribution is 7.86. The van der Waals surface area contributed by atoms with Gasteiger partial charge in [0.25, 0.3) is 10.1 Å². The van der Waals surface area contributed by atoms with Crippen molar-refractivity contribution < 1.29 is 17.8 Å². The van der Waals surface area contributed by atoms with Gasteiger partial charge in [0.1, 0.15) is 4.90 Å². The average Bonchev–Trinajstić information content (AvgIpc) is 2.38. The van der Waals surface area contributed by atoms with E-state index in [1.165, 1.54) is 0 Å². The second-order valence-electron chi connectivity index (χ2n) is 3.88. The monoisotopic (exact) mass is 293 g/mol. The molecule has 1 amide bonds. The molecule has 20 heavy (non-hydrogen) atoms. The number of amides is 1. The van der Waals surface area contributed by atoms with Gasteiger partial charge < -0.3 is 5.73 Å². The summed E-state index contributed by atoms with van der Waals surface area (Å²) in [7, 11) is -4.23. The molecule has 0 spiro atoms. The Morgan fingerprint density at radius 2 is 1.80 bits per heavy atom. The van der Waals surface area contributed by atoms with E-state index in [2.05, 4.69) is 12.3 Å². The molecule has 0 aromatic heterocycles. The number of nitrogens with two attached hydrogens (primary N) is 1. The Kier molecular flexibility index (Phi) is 5.42. The van der Waals surface area contributed by atoms with Crippen LogP contribution in [-0.2, 0) is 21.3 Å². The van der Waals surface area contributed by atoms with Gasteiger partial charge in [0.2, 0.25) is 6.41 Å². The number of fused-ring (bicyclic) bond motifs is 1. The van der Waals surface area contributed by atoms with Crippen molar-refractivity contribution in [2.45, 2.75) is 11.3 Å². The highest BCUT2D eigenvalue weighted by Gasteiger charge is 2.18. The summed E-state index contributed by atoms with van der Waals surface area (Å²) in [6.07, 6.45) is 2.26. The van der Waals surface area contributed by atoms with Crippen molar-refractivity contribution in [3.8, 4) is 0 Å². The Bertz CT molecular complexity index is 723. The maximum absolute atomic E-state index is 11.5. The SMILES string of the molecule is C=CCc1ccc2ccccc2c1S(=O)(=O)O.NC=O. The zero-order chi connectivity index (χ0) is 15.2. The Balaban J connectivity index is 0.000000612. The van der Waals surface area contributed by atoms with Gasteiger partial charge >= 0.3 is 0 Å². The predicted molar refractivity (Wildman–Crippen MR) is 77.9 cm³/mol. The van der Waals surface area contributed by atoms with E-state index < -0.39 is 10.1 Å². The van der Waals surface area contributed by atoms with Crippen molar-refractivity contribution in [1.82, 2.24) is 0 Å². The number of rotatable bonds is 3. The first-order valence-electron chi connectivity index (χ1n) is 5.70. The van der Waals surface area contributed by atoms with Crippen LogP contribution in [0.1, 0.15) is 5.56 Å². The Labute approximate surface area is 117 Å². The van der Waals surface area contributed by atoms with Gasteiger partial charge in [-0.1, -0.05) is 42.5 Å². The highest BCUT2D eigenvalue weighted by Crippen LogP contribution is 2.27. The topological polar surface area (TPSA) is 97.5 Å². The third-order valence-corrected chi connectivity index (χ3v) is 3.58. The molecule has 0 aliphatic heterocycles. The van der Waals surface area contributed by atoms with Crippen LogP contribution in [0.15, 0.2) is 53.9 Å². The highest BCUT2D eigenvalue weighted by atomic mass is 32.2. The van der Waals surface area contributed by atoms with Crippen LogP contribution >= 0.6 is 0 Å². The molecule has 0 atom stereocenters. The minimum absolute atomic E-state index is 0.0181. The summed E-state index contributed by atoms with van der Waals surface area (Å²) in [6.45, 7) is 3.58. The van der Waals surface area contributed by atoms with Crippen molar-refractivity contribution in [2.75, 3.05) is 0 Å². The summed E-state index contributed by atoms with van der Waals surface area (Å²) in [5.74, 6) is 0. The molecular formula is C14H15NO4S. The van der Waals surface area contributed by atoms with Crippen molar-refractivity contribution in [3.05, 3.63) is 54.6 Å². The second kappa shape index (κ2) is 6.83. The number of carbonyl (C=O) groups is 1. The number of allylic oxidation sites excluding steroid dienone is 1. The zero-order valence-electron chi connectivity index (χ0n) is 10.7. The lowest BCUT2D eigenvalue weighted by atomic mass is 10.0. The van der Waals surface area contributed by atoms with Gasteiger partial charge in [0.15, 0.2) is 0 Å². The molecule has 2 rings (SSSR count). The lowest BCUT2D eigenvalue weighted by molar-refractivity contribution is -0.106. The average molecular weight is 293 g/mol. The van der Waals surface area contributed by atoms with Gasteiger partial charge in [-0.3, -0.25) is 9.35 Å². The van der Waals surface area contributed by atoms with Crippen molar-refractivity contribution in [1.29, 1.82) is 0 Å². The summed E-state index contributed by atoms with van der Waals surface area (Å²) in [4.78, 5) is 8.57.